The van der Waals surface area contributed by atoms with Crippen molar-refractivity contribution >= 4 is 10.4 Å². The van der Waals surface area contributed by atoms with E-state index in [0.717, 1.165) is 19.3 Å². The van der Waals surface area contributed by atoms with Crippen molar-refractivity contribution in [2.45, 2.75) is 134 Å². The molecule has 5 atom stereocenters. The summed E-state index contributed by atoms with van der Waals surface area (Å²) >= 11 is 0. The van der Waals surface area contributed by atoms with Crippen LogP contribution in [0.15, 0.2) is 24.3 Å². The maximum atomic E-state index is 12.5. The molecule has 0 aliphatic carbocycles. The Morgan fingerprint density at radius 2 is 1.29 bits per heavy atom. The lowest BCUT2D eigenvalue weighted by Gasteiger charge is -2.38. The van der Waals surface area contributed by atoms with Gasteiger partial charge in [-0.15, -0.1) is 0 Å². The molecule has 0 bridgehead atoms. The van der Waals surface area contributed by atoms with E-state index in [1.165, 1.54) is 76.7 Å². The van der Waals surface area contributed by atoms with Crippen molar-refractivity contribution in [1.29, 1.82) is 0 Å². The molecule has 1 aromatic rings. The fourth-order valence-electron chi connectivity index (χ4n) is 4.69. The quantitative estimate of drug-likeness (QED) is 0.173. The van der Waals surface area contributed by atoms with Crippen LogP contribution in [-0.4, -0.2) is 66.2 Å². The lowest BCUT2D eigenvalue weighted by Crippen LogP contribution is -2.59. The number of para-hydroxylation sites is 1. The Morgan fingerprint density at radius 1 is 0.763 bits per heavy atom. The van der Waals surface area contributed by atoms with Crippen LogP contribution in [-0.2, 0) is 25.7 Å². The number of unbranched alkanes of at least 4 members (excludes halogenated alkanes) is 13. The third-order valence-electron chi connectivity index (χ3n) is 7.03. The minimum atomic E-state index is -4.68. The van der Waals surface area contributed by atoms with Gasteiger partial charge in [0.05, 0.1) is 6.61 Å². The highest BCUT2D eigenvalue weighted by Crippen LogP contribution is 2.27. The fraction of sp³-hybridized carbons (Fsp3) is 0.786. The zero-order chi connectivity index (χ0) is 27.8. The number of rotatable bonds is 20. The van der Waals surface area contributed by atoms with Crippen molar-refractivity contribution in [3.8, 4) is 5.75 Å². The van der Waals surface area contributed by atoms with E-state index >= 15 is 0 Å². The summed E-state index contributed by atoms with van der Waals surface area (Å²) < 4.78 is 40.1. The predicted molar refractivity (Wildman–Crippen MR) is 145 cm³/mol. The van der Waals surface area contributed by atoms with Gasteiger partial charge in [0, 0.05) is 0 Å². The molecule has 1 aliphatic rings. The molecule has 38 heavy (non-hydrogen) atoms. The molecular weight excluding hydrogens is 512 g/mol. The zero-order valence-electron chi connectivity index (χ0n) is 22.7. The van der Waals surface area contributed by atoms with Gasteiger partial charge < -0.3 is 29.3 Å². The van der Waals surface area contributed by atoms with E-state index in [0.29, 0.717) is 12.0 Å². The minimum absolute atomic E-state index is 0.117. The largest absolute Gasteiger partial charge is 0.451 e. The third-order valence-corrected chi connectivity index (χ3v) is 7.83. The van der Waals surface area contributed by atoms with Gasteiger partial charge in [-0.1, -0.05) is 109 Å². The van der Waals surface area contributed by atoms with E-state index in [1.807, 2.05) is 0 Å². The average molecular weight is 561 g/mol. The third kappa shape index (κ3) is 11.9. The summed E-state index contributed by atoms with van der Waals surface area (Å²) in [5.74, 6) is 0.117. The molecule has 0 aromatic heterocycles. The Morgan fingerprint density at radius 3 is 1.84 bits per heavy atom. The van der Waals surface area contributed by atoms with Gasteiger partial charge in [0.2, 0.25) is 6.29 Å². The molecule has 1 aliphatic heterocycles. The molecule has 220 valence electrons. The van der Waals surface area contributed by atoms with Crippen LogP contribution in [0.1, 0.15) is 102 Å². The summed E-state index contributed by atoms with van der Waals surface area (Å²) in [5.41, 5.74) is 0.715. The number of aryl methyl sites for hydroxylation is 1. The molecule has 10 heteroatoms. The van der Waals surface area contributed by atoms with Crippen molar-refractivity contribution < 1.29 is 41.9 Å². The van der Waals surface area contributed by atoms with Gasteiger partial charge in [-0.25, -0.2) is 4.18 Å². The van der Waals surface area contributed by atoms with Crippen LogP contribution < -0.4 is 4.18 Å². The second-order valence-electron chi connectivity index (χ2n) is 10.2. The zero-order valence-corrected chi connectivity index (χ0v) is 23.6. The van der Waals surface area contributed by atoms with Crippen LogP contribution in [0.3, 0.4) is 0 Å². The number of benzene rings is 1. The fourth-order valence-corrected chi connectivity index (χ4v) is 5.51. The molecular formula is C28H48O9S. The SMILES string of the molecule is CCCCCCCCCCCCCCCCc1ccccc1OS(=O)(=O)O[C@@H]1O[C@H](CO)[C@@H](O)[C@H](O)[C@@H]1O. The Hall–Kier alpha value is -1.27. The van der Waals surface area contributed by atoms with Crippen LogP contribution >= 0.6 is 0 Å². The Bertz CT molecular complexity index is 862. The number of hydrogen-bond acceptors (Lipinski definition) is 9. The minimum Gasteiger partial charge on any atom is -0.394 e. The van der Waals surface area contributed by atoms with Crippen molar-refractivity contribution in [1.82, 2.24) is 0 Å². The van der Waals surface area contributed by atoms with Crippen molar-refractivity contribution in [2.75, 3.05) is 6.61 Å². The Labute approximate surface area is 228 Å². The molecule has 0 unspecified atom stereocenters. The molecule has 0 radical (unpaired) electrons. The van der Waals surface area contributed by atoms with Crippen molar-refractivity contribution in [3.63, 3.8) is 0 Å². The number of ether oxygens (including phenoxy) is 1. The maximum absolute atomic E-state index is 12.5. The number of aliphatic hydroxyl groups excluding tert-OH is 4. The first kappa shape index (κ1) is 32.9. The van der Waals surface area contributed by atoms with Crippen molar-refractivity contribution in [3.05, 3.63) is 29.8 Å². The first-order valence-electron chi connectivity index (χ1n) is 14.3. The highest BCUT2D eigenvalue weighted by atomic mass is 32.3. The topological polar surface area (TPSA) is 143 Å². The van der Waals surface area contributed by atoms with Crippen LogP contribution in [0, 0.1) is 0 Å². The second kappa shape index (κ2) is 18.1. The number of hydrogen-bond donors (Lipinski definition) is 4. The molecule has 9 nitrogen and oxygen atoms in total. The lowest BCUT2D eigenvalue weighted by molar-refractivity contribution is -0.277. The summed E-state index contributed by atoms with van der Waals surface area (Å²) in [6.07, 6.45) is 9.89. The second-order valence-corrected chi connectivity index (χ2v) is 11.4. The molecule has 1 heterocycles. The normalized spacial score (nSPS) is 24.0. The van der Waals surface area contributed by atoms with E-state index in [9.17, 15) is 28.8 Å². The first-order valence-corrected chi connectivity index (χ1v) is 15.6. The van der Waals surface area contributed by atoms with Crippen LogP contribution in [0.2, 0.25) is 0 Å². The molecule has 0 saturated carbocycles. The maximum Gasteiger partial charge on any atom is 0.451 e. The molecule has 4 N–H and O–H groups in total. The van der Waals surface area contributed by atoms with E-state index in [-0.39, 0.29) is 5.75 Å². The van der Waals surface area contributed by atoms with Crippen LogP contribution in [0.5, 0.6) is 5.75 Å². The monoisotopic (exact) mass is 560 g/mol. The lowest BCUT2D eigenvalue weighted by atomic mass is 10.00. The van der Waals surface area contributed by atoms with Crippen molar-refractivity contribution in [2.24, 2.45) is 0 Å². The summed E-state index contributed by atoms with van der Waals surface area (Å²) in [6, 6.07) is 6.76. The van der Waals surface area contributed by atoms with E-state index < -0.39 is 47.7 Å². The van der Waals surface area contributed by atoms with E-state index in [1.54, 1.807) is 18.2 Å². The van der Waals surface area contributed by atoms with Gasteiger partial charge >= 0.3 is 10.4 Å². The molecule has 0 spiro atoms. The van der Waals surface area contributed by atoms with Gasteiger partial charge in [-0.2, -0.15) is 8.42 Å². The van der Waals surface area contributed by atoms with Gasteiger partial charge in [0.25, 0.3) is 0 Å². The molecule has 0 amide bonds. The smallest absolute Gasteiger partial charge is 0.394 e. The van der Waals surface area contributed by atoms with Gasteiger partial charge in [0.1, 0.15) is 30.2 Å². The summed E-state index contributed by atoms with van der Waals surface area (Å²) in [7, 11) is -4.68. The average Bonchev–Trinajstić information content (AvgIpc) is 2.89. The Balaban J connectivity index is 1.68. The molecule has 1 fully saturated rings. The summed E-state index contributed by atoms with van der Waals surface area (Å²) in [5, 5.41) is 39.0. The highest BCUT2D eigenvalue weighted by Gasteiger charge is 2.46. The standard InChI is InChI=1S/C28H48O9S/c1-2-3-4-5-6-7-8-9-10-11-12-13-14-15-18-22-19-16-17-20-23(22)36-38(33,34)37-28-27(32)26(31)25(30)24(21-29)35-28/h16-17,19-20,24-32H,2-15,18,21H2,1H3/t24-,25-,26+,27+,28+/m1/s1. The highest BCUT2D eigenvalue weighted by molar-refractivity contribution is 7.82. The van der Waals surface area contributed by atoms with Crippen LogP contribution in [0.25, 0.3) is 0 Å². The summed E-state index contributed by atoms with van der Waals surface area (Å²) in [6.45, 7) is 1.54. The Kier molecular flexibility index (Phi) is 15.7. The predicted octanol–water partition coefficient (Wildman–Crippen LogP) is 4.15. The van der Waals surface area contributed by atoms with Crippen LogP contribution in [0.4, 0.5) is 0 Å². The molecule has 2 rings (SSSR count). The van der Waals surface area contributed by atoms with E-state index in [4.69, 9.17) is 13.1 Å². The molecule has 1 saturated heterocycles. The van der Waals surface area contributed by atoms with Gasteiger partial charge in [-0.05, 0) is 24.5 Å². The molecule has 1 aromatic carbocycles. The summed E-state index contributed by atoms with van der Waals surface area (Å²) in [4.78, 5) is 0. The van der Waals surface area contributed by atoms with Gasteiger partial charge in [-0.3, -0.25) is 0 Å². The van der Waals surface area contributed by atoms with Gasteiger partial charge in [0.15, 0.2) is 0 Å². The first-order chi connectivity index (χ1) is 18.3. The number of aliphatic hydroxyl groups is 4. The van der Waals surface area contributed by atoms with E-state index in [2.05, 4.69) is 6.92 Å².